The van der Waals surface area contributed by atoms with Crippen molar-refractivity contribution in [2.24, 2.45) is 4.99 Å². The van der Waals surface area contributed by atoms with Crippen LogP contribution in [0, 0.1) is 0 Å². The lowest BCUT2D eigenvalue weighted by molar-refractivity contribution is 0.634. The number of nitrogens with zero attached hydrogens (tertiary/aromatic N) is 3. The molecule has 0 saturated carbocycles. The van der Waals surface area contributed by atoms with Gasteiger partial charge in [0.2, 0.25) is 0 Å². The number of guanidine groups is 1. The van der Waals surface area contributed by atoms with Crippen molar-refractivity contribution in [3.63, 3.8) is 0 Å². The molecule has 0 bridgehead atoms. The summed E-state index contributed by atoms with van der Waals surface area (Å²) in [5.74, 6) is 2.12. The molecule has 0 radical (unpaired) electrons. The van der Waals surface area contributed by atoms with Crippen molar-refractivity contribution in [3.05, 3.63) is 30.6 Å². The van der Waals surface area contributed by atoms with Crippen LogP contribution in [0.25, 0.3) is 11.0 Å². The summed E-state index contributed by atoms with van der Waals surface area (Å²) in [4.78, 5) is 8.68. The van der Waals surface area contributed by atoms with E-state index in [-0.39, 0.29) is 0 Å². The Bertz CT molecular complexity index is 608. The van der Waals surface area contributed by atoms with Gasteiger partial charge in [0.25, 0.3) is 0 Å². The first kappa shape index (κ1) is 17.7. The van der Waals surface area contributed by atoms with E-state index < -0.39 is 0 Å². The van der Waals surface area contributed by atoms with E-state index in [0.29, 0.717) is 0 Å². The maximum atomic E-state index is 4.42. The molecule has 0 aliphatic rings. The number of aryl methyl sites for hydroxylation is 1. The second kappa shape index (κ2) is 10.2. The van der Waals surface area contributed by atoms with E-state index >= 15 is 0 Å². The van der Waals surface area contributed by atoms with E-state index in [4.69, 9.17) is 0 Å². The Balaban J connectivity index is 1.65. The second-order valence-corrected chi connectivity index (χ2v) is 6.39. The fourth-order valence-electron chi connectivity index (χ4n) is 2.44. The molecule has 0 aliphatic carbocycles. The van der Waals surface area contributed by atoms with E-state index in [1.165, 1.54) is 24.1 Å². The molecule has 0 saturated heterocycles. The third kappa shape index (κ3) is 5.78. The Hall–Kier alpha value is -1.69. The molecule has 5 nitrogen and oxygen atoms in total. The van der Waals surface area contributed by atoms with Gasteiger partial charge < -0.3 is 15.2 Å². The number of nitrogens with one attached hydrogen (secondary N) is 2. The zero-order chi connectivity index (χ0) is 16.3. The lowest BCUT2D eigenvalue weighted by Crippen LogP contribution is -2.38. The Morgan fingerprint density at radius 3 is 2.74 bits per heavy atom. The van der Waals surface area contributed by atoms with Gasteiger partial charge in [-0.2, -0.15) is 11.8 Å². The summed E-state index contributed by atoms with van der Waals surface area (Å²) < 4.78 is 2.20. The van der Waals surface area contributed by atoms with E-state index in [0.717, 1.165) is 37.5 Å². The lowest BCUT2D eigenvalue weighted by Gasteiger charge is -2.12. The minimum Gasteiger partial charge on any atom is -0.356 e. The number of hydrogen-bond acceptors (Lipinski definition) is 3. The zero-order valence-electron chi connectivity index (χ0n) is 14.1. The summed E-state index contributed by atoms with van der Waals surface area (Å²) in [5, 5.41) is 6.73. The first-order chi connectivity index (χ1) is 11.3. The number of thioether (sulfide) groups is 1. The van der Waals surface area contributed by atoms with Crippen molar-refractivity contribution in [1.29, 1.82) is 0 Å². The van der Waals surface area contributed by atoms with Crippen molar-refractivity contribution >= 4 is 28.8 Å². The van der Waals surface area contributed by atoms with E-state index in [1.54, 1.807) is 0 Å². The third-order valence-electron chi connectivity index (χ3n) is 3.69. The number of aromatic nitrogens is 2. The number of imidazole rings is 1. The molecule has 2 rings (SSSR count). The molecule has 2 N–H and O–H groups in total. The maximum Gasteiger partial charge on any atom is 0.190 e. The van der Waals surface area contributed by atoms with Crippen molar-refractivity contribution in [2.75, 3.05) is 32.1 Å². The fraction of sp³-hybridized carbons (Fsp3) is 0.529. The SMILES string of the molecule is CN=C(NCCCCSC)NCCCn1cnc2ccccc21. The number of rotatable bonds is 9. The monoisotopic (exact) mass is 333 g/mol. The van der Waals surface area contributed by atoms with Crippen molar-refractivity contribution < 1.29 is 0 Å². The van der Waals surface area contributed by atoms with Crippen LogP contribution in [-0.2, 0) is 6.54 Å². The molecule has 0 amide bonds. The van der Waals surface area contributed by atoms with Gasteiger partial charge in [-0.3, -0.25) is 4.99 Å². The Labute approximate surface area is 143 Å². The summed E-state index contributed by atoms with van der Waals surface area (Å²) in [6.45, 7) is 2.83. The molecule has 0 spiro atoms. The quantitative estimate of drug-likeness (QED) is 0.421. The number of hydrogen-bond donors (Lipinski definition) is 2. The molecule has 0 atom stereocenters. The second-order valence-electron chi connectivity index (χ2n) is 5.41. The highest BCUT2D eigenvalue weighted by Gasteiger charge is 2.01. The molecule has 0 fully saturated rings. The molecule has 23 heavy (non-hydrogen) atoms. The van der Waals surface area contributed by atoms with Gasteiger partial charge in [-0.1, -0.05) is 12.1 Å². The molecule has 2 aromatic rings. The maximum absolute atomic E-state index is 4.42. The molecule has 1 aromatic heterocycles. The highest BCUT2D eigenvalue weighted by molar-refractivity contribution is 7.98. The topological polar surface area (TPSA) is 54.2 Å². The third-order valence-corrected chi connectivity index (χ3v) is 4.38. The summed E-state index contributed by atoms with van der Waals surface area (Å²) in [7, 11) is 1.82. The Kier molecular flexibility index (Phi) is 7.80. The van der Waals surface area contributed by atoms with Gasteiger partial charge in [0.1, 0.15) is 0 Å². The van der Waals surface area contributed by atoms with Crippen molar-refractivity contribution in [3.8, 4) is 0 Å². The smallest absolute Gasteiger partial charge is 0.190 e. The normalized spacial score (nSPS) is 11.8. The number of benzene rings is 1. The van der Waals surface area contributed by atoms with Crippen LogP contribution >= 0.6 is 11.8 Å². The van der Waals surface area contributed by atoms with Gasteiger partial charge in [-0.05, 0) is 43.4 Å². The molecule has 0 unspecified atom stereocenters. The highest BCUT2D eigenvalue weighted by Crippen LogP contribution is 2.11. The molecule has 1 aromatic carbocycles. The Morgan fingerprint density at radius 1 is 1.17 bits per heavy atom. The number of aliphatic imine (C=N–C) groups is 1. The number of para-hydroxylation sites is 2. The van der Waals surface area contributed by atoms with Crippen LogP contribution in [0.15, 0.2) is 35.6 Å². The Morgan fingerprint density at radius 2 is 1.96 bits per heavy atom. The lowest BCUT2D eigenvalue weighted by atomic mass is 10.3. The summed E-state index contributed by atoms with van der Waals surface area (Å²) >= 11 is 1.90. The van der Waals surface area contributed by atoms with Gasteiger partial charge >= 0.3 is 0 Å². The standard InChI is InChI=1S/C17H27N5S/c1-18-17(19-10-5-6-13-23-2)20-11-7-12-22-14-21-15-8-3-4-9-16(15)22/h3-4,8-9,14H,5-7,10-13H2,1-2H3,(H2,18,19,20). The summed E-state index contributed by atoms with van der Waals surface area (Å²) in [6, 6.07) is 8.25. The molecule has 0 aliphatic heterocycles. The first-order valence-corrected chi connectivity index (χ1v) is 9.58. The van der Waals surface area contributed by atoms with Crippen LogP contribution in [0.1, 0.15) is 19.3 Å². The van der Waals surface area contributed by atoms with Gasteiger partial charge in [0.15, 0.2) is 5.96 Å². The minimum absolute atomic E-state index is 0.893. The molecular weight excluding hydrogens is 306 g/mol. The van der Waals surface area contributed by atoms with E-state index in [1.807, 2.05) is 37.3 Å². The van der Waals surface area contributed by atoms with Gasteiger partial charge in [-0.25, -0.2) is 4.98 Å². The van der Waals surface area contributed by atoms with Gasteiger partial charge in [0, 0.05) is 26.7 Å². The van der Waals surface area contributed by atoms with Gasteiger partial charge in [0.05, 0.1) is 17.4 Å². The molecular formula is C17H27N5S. The van der Waals surface area contributed by atoms with E-state index in [9.17, 15) is 0 Å². The summed E-state index contributed by atoms with van der Waals surface area (Å²) in [5.41, 5.74) is 2.26. The fourth-order valence-corrected chi connectivity index (χ4v) is 2.94. The van der Waals surface area contributed by atoms with Crippen LogP contribution in [0.5, 0.6) is 0 Å². The molecule has 1 heterocycles. The number of fused-ring (bicyclic) bond motifs is 1. The zero-order valence-corrected chi connectivity index (χ0v) is 14.9. The highest BCUT2D eigenvalue weighted by atomic mass is 32.2. The van der Waals surface area contributed by atoms with Crippen LogP contribution in [-0.4, -0.2) is 47.7 Å². The minimum atomic E-state index is 0.893. The van der Waals surface area contributed by atoms with Crippen LogP contribution in [0.2, 0.25) is 0 Å². The van der Waals surface area contributed by atoms with Crippen LogP contribution in [0.4, 0.5) is 0 Å². The largest absolute Gasteiger partial charge is 0.356 e. The number of unbranched alkanes of at least 4 members (excludes halogenated alkanes) is 1. The molecule has 126 valence electrons. The first-order valence-electron chi connectivity index (χ1n) is 8.18. The average molecular weight is 334 g/mol. The van der Waals surface area contributed by atoms with Crippen molar-refractivity contribution in [1.82, 2.24) is 20.2 Å². The predicted octanol–water partition coefficient (Wildman–Crippen LogP) is 2.73. The summed E-state index contributed by atoms with van der Waals surface area (Å²) in [6.07, 6.45) is 7.54. The van der Waals surface area contributed by atoms with Crippen molar-refractivity contribution in [2.45, 2.75) is 25.8 Å². The van der Waals surface area contributed by atoms with Crippen LogP contribution in [0.3, 0.4) is 0 Å². The predicted molar refractivity (Wildman–Crippen MR) is 101 cm³/mol. The van der Waals surface area contributed by atoms with Crippen LogP contribution < -0.4 is 10.6 Å². The molecule has 6 heteroatoms. The van der Waals surface area contributed by atoms with E-state index in [2.05, 4.69) is 43.6 Å². The van der Waals surface area contributed by atoms with Gasteiger partial charge in [-0.15, -0.1) is 0 Å². The average Bonchev–Trinajstić information content (AvgIpc) is 3.00.